The zero-order valence-corrected chi connectivity index (χ0v) is 16.1. The average molecular weight is 435 g/mol. The summed E-state index contributed by atoms with van der Waals surface area (Å²) in [4.78, 5) is 0. The molecule has 0 saturated heterocycles. The lowest BCUT2D eigenvalue weighted by atomic mass is 10.0. The number of rotatable bonds is 5. The zero-order valence-electron chi connectivity index (χ0n) is 14.5. The van der Waals surface area contributed by atoms with Gasteiger partial charge in [-0.1, -0.05) is 18.2 Å². The molecule has 0 aliphatic rings. The Balaban J connectivity index is 1.89. The van der Waals surface area contributed by atoms with Crippen LogP contribution < -0.4 is 8.37 Å². The number of fused-ring (bicyclic) bond motifs is 3. The number of hydrogen-bond donors (Lipinski definition) is 2. The molecule has 4 aromatic rings. The molecular weight excluding hydrogens is 422 g/mol. The minimum absolute atomic E-state index is 0.0482. The highest BCUT2D eigenvalue weighted by molar-refractivity contribution is 7.81. The van der Waals surface area contributed by atoms with Crippen molar-refractivity contribution < 1.29 is 34.3 Å². The van der Waals surface area contributed by atoms with Crippen molar-refractivity contribution in [3.8, 4) is 22.6 Å². The van der Waals surface area contributed by atoms with Gasteiger partial charge in [0.1, 0.15) is 11.5 Å². The van der Waals surface area contributed by atoms with Gasteiger partial charge in [-0.25, -0.2) is 0 Å². The molecule has 2 aromatic heterocycles. The van der Waals surface area contributed by atoms with Crippen molar-refractivity contribution in [1.82, 2.24) is 4.40 Å². The van der Waals surface area contributed by atoms with Crippen LogP contribution in [-0.2, 0) is 20.8 Å². The highest BCUT2D eigenvalue weighted by Gasteiger charge is 2.16. The number of pyridine rings is 1. The van der Waals surface area contributed by atoms with Crippen molar-refractivity contribution in [2.45, 2.75) is 0 Å². The summed E-state index contributed by atoms with van der Waals surface area (Å²) in [5.74, 6) is -0.0976. The van der Waals surface area contributed by atoms with Crippen LogP contribution in [0.15, 0.2) is 66.9 Å². The van der Waals surface area contributed by atoms with Crippen molar-refractivity contribution in [2.75, 3.05) is 0 Å². The van der Waals surface area contributed by atoms with Gasteiger partial charge in [0.05, 0.1) is 11.0 Å². The Morgan fingerprint density at radius 3 is 2.00 bits per heavy atom. The average Bonchev–Trinajstić information content (AvgIpc) is 2.94. The van der Waals surface area contributed by atoms with Crippen molar-refractivity contribution in [2.24, 2.45) is 0 Å². The Hall–Kier alpha value is -3.12. The summed E-state index contributed by atoms with van der Waals surface area (Å²) in [5, 5.41) is 0.766. The van der Waals surface area contributed by atoms with Crippen LogP contribution in [0.3, 0.4) is 0 Å². The normalized spacial score (nSPS) is 12.3. The standard InChI is InChI=1S/C18H13NO8S2/c20-28(21,22)26-13-6-4-12(5-7-13)18-15-9-8-14(27-29(23,24)25)11-17(15)19-10-2-1-3-16(18)19/h1-11H,(H,20,21,22)(H,23,24,25). The predicted molar refractivity (Wildman–Crippen MR) is 105 cm³/mol. The van der Waals surface area contributed by atoms with E-state index in [0.29, 0.717) is 5.52 Å². The lowest BCUT2D eigenvalue weighted by Gasteiger charge is -2.05. The van der Waals surface area contributed by atoms with Gasteiger partial charge >= 0.3 is 20.8 Å². The predicted octanol–water partition coefficient (Wildman–Crippen LogP) is 3.12. The molecule has 11 heteroatoms. The summed E-state index contributed by atoms with van der Waals surface area (Å²) < 4.78 is 72.2. The number of benzene rings is 2. The molecule has 0 aliphatic heterocycles. The zero-order chi connectivity index (χ0) is 20.8. The molecule has 9 nitrogen and oxygen atoms in total. The highest BCUT2D eigenvalue weighted by Crippen LogP contribution is 2.37. The van der Waals surface area contributed by atoms with Gasteiger partial charge in [0.25, 0.3) is 0 Å². The van der Waals surface area contributed by atoms with E-state index in [2.05, 4.69) is 8.37 Å². The molecule has 0 fully saturated rings. The van der Waals surface area contributed by atoms with Gasteiger partial charge in [-0.05, 0) is 42.0 Å². The van der Waals surface area contributed by atoms with Gasteiger partial charge in [0, 0.05) is 23.2 Å². The van der Waals surface area contributed by atoms with Crippen molar-refractivity contribution >= 4 is 37.2 Å². The number of hydrogen-bond acceptors (Lipinski definition) is 6. The highest BCUT2D eigenvalue weighted by atomic mass is 32.3. The van der Waals surface area contributed by atoms with E-state index in [1.54, 1.807) is 30.5 Å². The van der Waals surface area contributed by atoms with E-state index < -0.39 is 20.8 Å². The van der Waals surface area contributed by atoms with Crippen LogP contribution in [0.5, 0.6) is 11.5 Å². The first-order chi connectivity index (χ1) is 13.6. The SMILES string of the molecule is O=S(=O)(O)Oc1ccc(-c2c3ccc(OS(=O)(=O)O)cc3n3ccccc23)cc1. The molecule has 0 unspecified atom stereocenters. The summed E-state index contributed by atoms with van der Waals surface area (Å²) in [6.45, 7) is 0. The summed E-state index contributed by atoms with van der Waals surface area (Å²) in [6.07, 6.45) is 1.79. The smallest absolute Gasteiger partial charge is 0.362 e. The maximum atomic E-state index is 11.0. The minimum Gasteiger partial charge on any atom is -0.362 e. The van der Waals surface area contributed by atoms with Gasteiger partial charge < -0.3 is 12.8 Å². The molecular formula is C18H13NO8S2. The van der Waals surface area contributed by atoms with Gasteiger partial charge in [-0.3, -0.25) is 9.11 Å². The summed E-state index contributed by atoms with van der Waals surface area (Å²) in [6, 6.07) is 16.1. The second-order valence-corrected chi connectivity index (χ2v) is 8.10. The molecule has 2 N–H and O–H groups in total. The topological polar surface area (TPSA) is 132 Å². The summed E-state index contributed by atoms with van der Waals surface area (Å²) >= 11 is 0. The van der Waals surface area contributed by atoms with Crippen LogP contribution in [0.25, 0.3) is 27.5 Å². The van der Waals surface area contributed by atoms with E-state index in [1.807, 2.05) is 16.5 Å². The Kier molecular flexibility index (Phi) is 4.46. The third-order valence-electron chi connectivity index (χ3n) is 4.16. The Labute approximate surface area is 165 Å². The quantitative estimate of drug-likeness (QED) is 0.457. The Bertz CT molecular complexity index is 1440. The molecule has 0 radical (unpaired) electrons. The number of nitrogens with zero attached hydrogens (tertiary/aromatic N) is 1. The van der Waals surface area contributed by atoms with E-state index in [9.17, 15) is 16.8 Å². The van der Waals surface area contributed by atoms with Crippen LogP contribution in [-0.4, -0.2) is 30.3 Å². The van der Waals surface area contributed by atoms with E-state index in [4.69, 9.17) is 9.11 Å². The van der Waals surface area contributed by atoms with Crippen LogP contribution in [0.4, 0.5) is 0 Å². The molecule has 0 spiro atoms. The maximum absolute atomic E-state index is 11.0. The first kappa shape index (κ1) is 19.2. The van der Waals surface area contributed by atoms with Gasteiger partial charge in [-0.2, -0.15) is 16.8 Å². The monoisotopic (exact) mass is 435 g/mol. The summed E-state index contributed by atoms with van der Waals surface area (Å²) in [7, 11) is -9.28. The Morgan fingerprint density at radius 1 is 0.724 bits per heavy atom. The van der Waals surface area contributed by atoms with E-state index in [0.717, 1.165) is 22.0 Å². The second-order valence-electron chi connectivity index (χ2n) is 6.06. The minimum atomic E-state index is -4.66. The van der Waals surface area contributed by atoms with Crippen molar-refractivity contribution in [1.29, 1.82) is 0 Å². The number of aromatic nitrogens is 1. The molecule has 0 amide bonds. The molecule has 4 rings (SSSR count). The first-order valence-corrected chi connectivity index (χ1v) is 10.8. The lowest BCUT2D eigenvalue weighted by Crippen LogP contribution is -2.06. The van der Waals surface area contributed by atoms with Crippen LogP contribution in [0, 0.1) is 0 Å². The lowest BCUT2D eigenvalue weighted by molar-refractivity contribution is 0.384. The van der Waals surface area contributed by atoms with Crippen LogP contribution in [0.1, 0.15) is 0 Å². The molecule has 0 aliphatic carbocycles. The van der Waals surface area contributed by atoms with E-state index in [-0.39, 0.29) is 11.5 Å². The summed E-state index contributed by atoms with van der Waals surface area (Å²) in [5.41, 5.74) is 2.97. The molecule has 0 bridgehead atoms. The molecule has 150 valence electrons. The van der Waals surface area contributed by atoms with Crippen molar-refractivity contribution in [3.63, 3.8) is 0 Å². The molecule has 2 aromatic carbocycles. The van der Waals surface area contributed by atoms with Crippen LogP contribution >= 0.6 is 0 Å². The third-order valence-corrected chi connectivity index (χ3v) is 4.97. The van der Waals surface area contributed by atoms with E-state index >= 15 is 0 Å². The fraction of sp³-hybridized carbons (Fsp3) is 0. The largest absolute Gasteiger partial charge is 0.446 e. The fourth-order valence-corrected chi connectivity index (χ4v) is 3.89. The van der Waals surface area contributed by atoms with Crippen LogP contribution in [0.2, 0.25) is 0 Å². The van der Waals surface area contributed by atoms with Gasteiger partial charge in [0.15, 0.2) is 0 Å². The third kappa shape index (κ3) is 4.03. The second kappa shape index (κ2) is 6.74. The van der Waals surface area contributed by atoms with Crippen molar-refractivity contribution in [3.05, 3.63) is 66.9 Å². The van der Waals surface area contributed by atoms with E-state index in [1.165, 1.54) is 24.3 Å². The molecule has 0 atom stereocenters. The maximum Gasteiger partial charge on any atom is 0.446 e. The molecule has 29 heavy (non-hydrogen) atoms. The first-order valence-electron chi connectivity index (χ1n) is 8.08. The van der Waals surface area contributed by atoms with Gasteiger partial charge in [0.2, 0.25) is 0 Å². The molecule has 2 heterocycles. The fourth-order valence-electron chi connectivity index (χ4n) is 3.19. The molecule has 0 saturated carbocycles. The van der Waals surface area contributed by atoms with Gasteiger partial charge in [-0.15, -0.1) is 0 Å². The Morgan fingerprint density at radius 2 is 1.34 bits per heavy atom.